The Bertz CT molecular complexity index is 580. The molecule has 21 heavy (non-hydrogen) atoms. The van der Waals surface area contributed by atoms with Crippen LogP contribution in [-0.4, -0.2) is 13.1 Å². The van der Waals surface area contributed by atoms with Crippen molar-refractivity contribution >= 4 is 38.9 Å². The van der Waals surface area contributed by atoms with Gasteiger partial charge in [-0.25, -0.2) is 0 Å². The topological polar surface area (TPSA) is 15.3 Å². The fraction of sp³-hybridized carbons (Fsp3) is 0.294. The lowest BCUT2D eigenvalue weighted by molar-refractivity contribution is 0.866. The van der Waals surface area contributed by atoms with Gasteiger partial charge in [0.25, 0.3) is 0 Å². The van der Waals surface area contributed by atoms with Crippen LogP contribution in [0, 0.1) is 0 Å². The number of halogens is 2. The van der Waals surface area contributed by atoms with Gasteiger partial charge in [0, 0.05) is 35.5 Å². The second-order valence-electron chi connectivity index (χ2n) is 4.82. The Morgan fingerprint density at radius 2 is 1.71 bits per heavy atom. The molecule has 0 heterocycles. The van der Waals surface area contributed by atoms with Crippen LogP contribution >= 0.6 is 27.5 Å². The molecule has 0 amide bonds. The molecule has 2 nitrogen and oxygen atoms in total. The van der Waals surface area contributed by atoms with E-state index in [4.69, 9.17) is 11.6 Å². The van der Waals surface area contributed by atoms with Crippen LogP contribution in [0.15, 0.2) is 46.9 Å². The average Bonchev–Trinajstić information content (AvgIpc) is 2.51. The summed E-state index contributed by atoms with van der Waals surface area (Å²) in [7, 11) is 0. The molecule has 2 aromatic carbocycles. The molecule has 0 aromatic heterocycles. The fourth-order valence-corrected chi connectivity index (χ4v) is 2.78. The van der Waals surface area contributed by atoms with Gasteiger partial charge >= 0.3 is 0 Å². The third-order valence-electron chi connectivity index (χ3n) is 3.48. The van der Waals surface area contributed by atoms with Crippen molar-refractivity contribution in [2.75, 3.05) is 23.3 Å². The minimum Gasteiger partial charge on any atom is -0.381 e. The minimum absolute atomic E-state index is 0.738. The number of nitrogens with zero attached hydrogens (tertiary/aromatic N) is 1. The van der Waals surface area contributed by atoms with E-state index >= 15 is 0 Å². The summed E-state index contributed by atoms with van der Waals surface area (Å²) >= 11 is 9.45. The average molecular weight is 368 g/mol. The normalized spacial score (nSPS) is 10.5. The Hall–Kier alpha value is -1.19. The van der Waals surface area contributed by atoms with Crippen molar-refractivity contribution in [3.63, 3.8) is 0 Å². The molecule has 0 fully saturated rings. The molecule has 0 aliphatic rings. The van der Waals surface area contributed by atoms with Gasteiger partial charge in [0.2, 0.25) is 0 Å². The standard InChI is InChI=1S/C17H20BrClN2/c1-3-21(4-2)15-8-6-14(7-9-15)20-12-13-5-10-17(19)16(18)11-13/h5-11,20H,3-4,12H2,1-2H3. The van der Waals surface area contributed by atoms with Crippen molar-refractivity contribution in [2.45, 2.75) is 20.4 Å². The summed E-state index contributed by atoms with van der Waals surface area (Å²) < 4.78 is 0.931. The van der Waals surface area contributed by atoms with Gasteiger partial charge in [-0.15, -0.1) is 0 Å². The van der Waals surface area contributed by atoms with Crippen LogP contribution in [0.4, 0.5) is 11.4 Å². The number of hydrogen-bond donors (Lipinski definition) is 1. The zero-order valence-electron chi connectivity index (χ0n) is 12.4. The molecule has 0 saturated carbocycles. The summed E-state index contributed by atoms with van der Waals surface area (Å²) in [5.74, 6) is 0. The highest BCUT2D eigenvalue weighted by molar-refractivity contribution is 9.10. The van der Waals surface area contributed by atoms with E-state index in [9.17, 15) is 0 Å². The second-order valence-corrected chi connectivity index (χ2v) is 6.08. The lowest BCUT2D eigenvalue weighted by Gasteiger charge is -2.21. The molecule has 0 saturated heterocycles. The van der Waals surface area contributed by atoms with Gasteiger partial charge in [-0.3, -0.25) is 0 Å². The maximum atomic E-state index is 6.00. The summed E-state index contributed by atoms with van der Waals surface area (Å²) in [4.78, 5) is 2.33. The molecule has 4 heteroatoms. The molecular weight excluding hydrogens is 348 g/mol. The third kappa shape index (κ3) is 4.39. The first-order chi connectivity index (χ1) is 10.1. The Morgan fingerprint density at radius 1 is 1.05 bits per heavy atom. The van der Waals surface area contributed by atoms with E-state index < -0.39 is 0 Å². The van der Waals surface area contributed by atoms with Crippen molar-refractivity contribution in [3.05, 3.63) is 57.5 Å². The quantitative estimate of drug-likeness (QED) is 0.719. The first kappa shape index (κ1) is 16.2. The molecule has 0 bridgehead atoms. The van der Waals surface area contributed by atoms with Crippen molar-refractivity contribution in [1.82, 2.24) is 0 Å². The molecule has 0 aliphatic heterocycles. The molecule has 0 atom stereocenters. The van der Waals surface area contributed by atoms with Crippen LogP contribution in [-0.2, 0) is 6.54 Å². The number of anilines is 2. The number of rotatable bonds is 6. The van der Waals surface area contributed by atoms with Crippen LogP contribution in [0.2, 0.25) is 5.02 Å². The maximum Gasteiger partial charge on any atom is 0.0548 e. The highest BCUT2D eigenvalue weighted by atomic mass is 79.9. The molecule has 0 spiro atoms. The fourth-order valence-electron chi connectivity index (χ4n) is 2.23. The van der Waals surface area contributed by atoms with Crippen LogP contribution < -0.4 is 10.2 Å². The highest BCUT2D eigenvalue weighted by Crippen LogP contribution is 2.24. The molecular formula is C17H20BrClN2. The van der Waals surface area contributed by atoms with Gasteiger partial charge in [-0.2, -0.15) is 0 Å². The van der Waals surface area contributed by atoms with Crippen molar-refractivity contribution in [1.29, 1.82) is 0 Å². The predicted molar refractivity (Wildman–Crippen MR) is 96.5 cm³/mol. The lowest BCUT2D eigenvalue weighted by Crippen LogP contribution is -2.21. The molecule has 0 radical (unpaired) electrons. The Kier molecular flexibility index (Phi) is 5.95. The summed E-state index contributed by atoms with van der Waals surface area (Å²) in [6.45, 7) is 7.19. The first-order valence-corrected chi connectivity index (χ1v) is 8.34. The van der Waals surface area contributed by atoms with Crippen LogP contribution in [0.5, 0.6) is 0 Å². The summed E-state index contributed by atoms with van der Waals surface area (Å²) in [5.41, 5.74) is 3.58. The second kappa shape index (κ2) is 7.71. The van der Waals surface area contributed by atoms with Gasteiger partial charge < -0.3 is 10.2 Å². The minimum atomic E-state index is 0.738. The zero-order valence-corrected chi connectivity index (χ0v) is 14.7. The van der Waals surface area contributed by atoms with E-state index in [2.05, 4.69) is 64.3 Å². The van der Waals surface area contributed by atoms with Crippen molar-refractivity contribution in [3.8, 4) is 0 Å². The molecule has 1 N–H and O–H groups in total. The van der Waals surface area contributed by atoms with Gasteiger partial charge in [0.15, 0.2) is 0 Å². The summed E-state index contributed by atoms with van der Waals surface area (Å²) in [6, 6.07) is 14.5. The van der Waals surface area contributed by atoms with E-state index in [1.165, 1.54) is 11.3 Å². The predicted octanol–water partition coefficient (Wildman–Crippen LogP) is 5.56. The summed E-state index contributed by atoms with van der Waals surface area (Å²) in [6.07, 6.45) is 0. The molecule has 2 aromatic rings. The van der Waals surface area contributed by atoms with Gasteiger partial charge in [0.05, 0.1) is 5.02 Å². The third-order valence-corrected chi connectivity index (χ3v) is 4.69. The van der Waals surface area contributed by atoms with Gasteiger partial charge in [-0.05, 0) is 71.7 Å². The van der Waals surface area contributed by atoms with Gasteiger partial charge in [0.1, 0.15) is 0 Å². The van der Waals surface area contributed by atoms with E-state index in [1.807, 2.05) is 18.2 Å². The molecule has 0 aliphatic carbocycles. The Labute approximate surface area is 140 Å². The van der Waals surface area contributed by atoms with Crippen LogP contribution in [0.3, 0.4) is 0 Å². The monoisotopic (exact) mass is 366 g/mol. The largest absolute Gasteiger partial charge is 0.381 e. The highest BCUT2D eigenvalue weighted by Gasteiger charge is 2.02. The molecule has 112 valence electrons. The van der Waals surface area contributed by atoms with E-state index in [0.717, 1.165) is 34.8 Å². The van der Waals surface area contributed by atoms with Gasteiger partial charge in [-0.1, -0.05) is 17.7 Å². The number of hydrogen-bond acceptors (Lipinski definition) is 2. The van der Waals surface area contributed by atoms with Crippen molar-refractivity contribution in [2.24, 2.45) is 0 Å². The number of benzene rings is 2. The van der Waals surface area contributed by atoms with E-state index in [1.54, 1.807) is 0 Å². The maximum absolute atomic E-state index is 6.00. The van der Waals surface area contributed by atoms with Crippen molar-refractivity contribution < 1.29 is 0 Å². The smallest absolute Gasteiger partial charge is 0.0548 e. The van der Waals surface area contributed by atoms with Crippen LogP contribution in [0.25, 0.3) is 0 Å². The molecule has 2 rings (SSSR count). The number of nitrogens with one attached hydrogen (secondary N) is 1. The zero-order chi connectivity index (χ0) is 15.2. The first-order valence-electron chi connectivity index (χ1n) is 7.16. The Morgan fingerprint density at radius 3 is 2.29 bits per heavy atom. The molecule has 0 unspecified atom stereocenters. The van der Waals surface area contributed by atoms with E-state index in [-0.39, 0.29) is 0 Å². The SMILES string of the molecule is CCN(CC)c1ccc(NCc2ccc(Cl)c(Br)c2)cc1. The Balaban J connectivity index is 1.98. The lowest BCUT2D eigenvalue weighted by atomic mass is 10.2. The van der Waals surface area contributed by atoms with E-state index in [0.29, 0.717) is 0 Å². The summed E-state index contributed by atoms with van der Waals surface area (Å²) in [5, 5.41) is 4.17. The van der Waals surface area contributed by atoms with Crippen LogP contribution in [0.1, 0.15) is 19.4 Å².